The molecule has 0 fully saturated rings. The second-order valence-corrected chi connectivity index (χ2v) is 17.7. The Bertz CT molecular complexity index is 1720. The van der Waals surface area contributed by atoms with Crippen LogP contribution in [0.25, 0.3) is 11.5 Å². The van der Waals surface area contributed by atoms with Crippen LogP contribution in [0.4, 0.5) is 29.3 Å². The summed E-state index contributed by atoms with van der Waals surface area (Å²) in [5.74, 6) is 0.198. The molecule has 17 heteroatoms. The highest BCUT2D eigenvalue weighted by Crippen LogP contribution is 2.50. The maximum Gasteiger partial charge on any atom is 0.401 e. The predicted molar refractivity (Wildman–Crippen MR) is 159 cm³/mol. The van der Waals surface area contributed by atoms with Gasteiger partial charge in [-0.05, 0) is 38.0 Å². The fourth-order valence-electron chi connectivity index (χ4n) is 4.57. The predicted octanol–water partition coefficient (Wildman–Crippen LogP) is 6.97. The van der Waals surface area contributed by atoms with Crippen molar-refractivity contribution in [3.8, 4) is 5.82 Å². The number of rotatable bonds is 5. The lowest BCUT2D eigenvalue weighted by atomic mass is 9.88. The number of hydrogen-bond acceptors (Lipinski definition) is 7. The Hall–Kier alpha value is -3.27. The van der Waals surface area contributed by atoms with Gasteiger partial charge in [-0.1, -0.05) is 44.0 Å². The van der Waals surface area contributed by atoms with E-state index in [4.69, 9.17) is 27.6 Å². The molecule has 5 rings (SSSR count). The van der Waals surface area contributed by atoms with Crippen molar-refractivity contribution in [1.82, 2.24) is 34.6 Å². The average Bonchev–Trinajstić information content (AvgIpc) is 3.58. The number of halogens is 5. The summed E-state index contributed by atoms with van der Waals surface area (Å²) >= 11 is 12.4. The van der Waals surface area contributed by atoms with Gasteiger partial charge >= 0.3 is 12.2 Å². The summed E-state index contributed by atoms with van der Waals surface area (Å²) in [4.78, 5) is 24.0. The summed E-state index contributed by atoms with van der Waals surface area (Å²) in [6, 6.07) is 1.92. The molecule has 0 radical (unpaired) electrons. The Balaban J connectivity index is 1.37. The first-order chi connectivity index (χ1) is 19.8. The molecule has 2 amide bonds. The molecule has 0 saturated heterocycles. The number of fused-ring (bicyclic) bond motifs is 3. The lowest BCUT2D eigenvalue weighted by Crippen LogP contribution is -2.46. The van der Waals surface area contributed by atoms with Crippen molar-refractivity contribution in [2.75, 3.05) is 16.8 Å². The number of nitrogens with zero attached hydrogens (tertiary/aromatic N) is 8. The Morgan fingerprint density at radius 1 is 1.12 bits per heavy atom. The largest absolute Gasteiger partial charge is 0.409 e. The average molecular weight is 657 g/mol. The minimum Gasteiger partial charge on any atom is -0.409 e. The van der Waals surface area contributed by atoms with Gasteiger partial charge in [0.15, 0.2) is 24.9 Å². The summed E-state index contributed by atoms with van der Waals surface area (Å²) in [5.41, 5.74) is -1.86. The second kappa shape index (κ2) is 10.4. The zero-order valence-electron chi connectivity index (χ0n) is 24.5. The van der Waals surface area contributed by atoms with Crippen LogP contribution in [-0.4, -0.2) is 61.6 Å². The summed E-state index contributed by atoms with van der Waals surface area (Å²) in [6.07, 6.45) is -0.937. The molecule has 0 saturated carbocycles. The maximum atomic E-state index is 14.4. The van der Waals surface area contributed by atoms with Crippen molar-refractivity contribution in [2.24, 2.45) is 0 Å². The summed E-state index contributed by atoms with van der Waals surface area (Å²) < 4.78 is 50.5. The molecule has 1 aliphatic rings. The SMILES string of the molecule is CC(O[Si](C)(C)C(C)(C)C)c1cnn(-c2ncc(NC(=O)N3CC(C)(C(F)(F)F)c4c3cnc3cc(Cl)nn43)cc2Cl)n1. The van der Waals surface area contributed by atoms with Gasteiger partial charge in [-0.3, -0.25) is 4.90 Å². The first-order valence-electron chi connectivity index (χ1n) is 13.3. The third kappa shape index (κ3) is 5.47. The summed E-state index contributed by atoms with van der Waals surface area (Å²) in [5, 5.41) is 15.4. The van der Waals surface area contributed by atoms with Crippen molar-refractivity contribution in [1.29, 1.82) is 0 Å². The Labute approximate surface area is 256 Å². The van der Waals surface area contributed by atoms with E-state index in [1.165, 1.54) is 29.3 Å². The van der Waals surface area contributed by atoms with E-state index >= 15 is 0 Å². The van der Waals surface area contributed by atoms with E-state index in [1.54, 1.807) is 6.20 Å². The van der Waals surface area contributed by atoms with Gasteiger partial charge in [-0.15, -0.1) is 9.90 Å². The molecule has 1 N–H and O–H groups in total. The van der Waals surface area contributed by atoms with Gasteiger partial charge in [0.05, 0.1) is 46.8 Å². The molecular weight excluding hydrogens is 626 g/mol. The van der Waals surface area contributed by atoms with Gasteiger partial charge in [0, 0.05) is 12.6 Å². The number of amides is 2. The van der Waals surface area contributed by atoms with E-state index in [-0.39, 0.29) is 49.9 Å². The minimum atomic E-state index is -4.71. The number of carbonyl (C=O) groups excluding carboxylic acids is 1. The quantitative estimate of drug-likeness (QED) is 0.231. The highest BCUT2D eigenvalue weighted by Gasteiger charge is 2.60. The van der Waals surface area contributed by atoms with Gasteiger partial charge in [-0.25, -0.2) is 19.3 Å². The van der Waals surface area contributed by atoms with E-state index < -0.39 is 32.5 Å². The van der Waals surface area contributed by atoms with Crippen molar-refractivity contribution in [3.05, 3.63) is 52.3 Å². The fourth-order valence-corrected chi connectivity index (χ4v) is 6.34. The molecule has 2 unspecified atom stereocenters. The maximum absolute atomic E-state index is 14.4. The standard InChI is InChI=1S/C26H30Cl2F3N9O2Si/c1-14(42-43(6,7)24(2,3)4)17-11-34-40(36-17)22-16(27)8-15(10-33-22)35-23(41)38-13-25(5,26(29,30)31)21-18(38)12-32-20-9-19(28)37-39(20)21/h8-12,14H,13H2,1-7H3,(H,35,41). The molecule has 1 aliphatic heterocycles. The number of urea groups is 1. The molecule has 0 aromatic carbocycles. The lowest BCUT2D eigenvalue weighted by Gasteiger charge is -2.38. The minimum absolute atomic E-state index is 0.0144. The first kappa shape index (κ1) is 31.2. The number of carbonyl (C=O) groups is 1. The fraction of sp³-hybridized carbons (Fsp3) is 0.462. The Kier molecular flexibility index (Phi) is 7.55. The van der Waals surface area contributed by atoms with Crippen LogP contribution in [0.2, 0.25) is 28.3 Å². The third-order valence-electron chi connectivity index (χ3n) is 8.06. The van der Waals surface area contributed by atoms with E-state index in [0.717, 1.165) is 16.3 Å². The van der Waals surface area contributed by atoms with Crippen LogP contribution in [0.1, 0.15) is 52.1 Å². The number of aromatic nitrogens is 7. The molecule has 230 valence electrons. The first-order valence-corrected chi connectivity index (χ1v) is 16.9. The lowest BCUT2D eigenvalue weighted by molar-refractivity contribution is -0.181. The highest BCUT2D eigenvalue weighted by atomic mass is 35.5. The van der Waals surface area contributed by atoms with Crippen LogP contribution in [-0.2, 0) is 9.84 Å². The Morgan fingerprint density at radius 3 is 2.44 bits per heavy atom. The van der Waals surface area contributed by atoms with Crippen molar-refractivity contribution < 1.29 is 22.4 Å². The van der Waals surface area contributed by atoms with E-state index in [1.807, 2.05) is 6.92 Å². The van der Waals surface area contributed by atoms with Crippen LogP contribution < -0.4 is 10.2 Å². The van der Waals surface area contributed by atoms with E-state index in [2.05, 4.69) is 64.4 Å². The van der Waals surface area contributed by atoms with Crippen molar-refractivity contribution in [3.63, 3.8) is 0 Å². The molecule has 0 spiro atoms. The normalized spacial score (nSPS) is 18.3. The zero-order valence-corrected chi connectivity index (χ0v) is 27.0. The second-order valence-electron chi connectivity index (χ2n) is 12.2. The molecule has 11 nitrogen and oxygen atoms in total. The molecule has 2 atom stereocenters. The van der Waals surface area contributed by atoms with Gasteiger partial charge < -0.3 is 9.74 Å². The van der Waals surface area contributed by atoms with Crippen LogP contribution in [0.3, 0.4) is 0 Å². The van der Waals surface area contributed by atoms with Crippen LogP contribution in [0.5, 0.6) is 0 Å². The number of alkyl halides is 3. The topological polar surface area (TPSA) is 115 Å². The molecule has 5 heterocycles. The molecule has 43 heavy (non-hydrogen) atoms. The molecule has 0 bridgehead atoms. The monoisotopic (exact) mass is 655 g/mol. The number of anilines is 2. The van der Waals surface area contributed by atoms with Gasteiger partial charge in [0.1, 0.15) is 11.1 Å². The molecule has 0 aliphatic carbocycles. The third-order valence-corrected chi connectivity index (χ3v) is 13.1. The van der Waals surface area contributed by atoms with Crippen LogP contribution >= 0.6 is 23.2 Å². The van der Waals surface area contributed by atoms with Crippen LogP contribution in [0.15, 0.2) is 30.7 Å². The molecular formula is C26H30Cl2F3N9O2Si. The van der Waals surface area contributed by atoms with Crippen LogP contribution in [0, 0.1) is 0 Å². The van der Waals surface area contributed by atoms with E-state index in [0.29, 0.717) is 5.69 Å². The zero-order chi connectivity index (χ0) is 31.7. The van der Waals surface area contributed by atoms with Gasteiger partial charge in [0.2, 0.25) is 0 Å². The summed E-state index contributed by atoms with van der Waals surface area (Å²) in [6.45, 7) is 12.9. The smallest absolute Gasteiger partial charge is 0.401 e. The van der Waals surface area contributed by atoms with Gasteiger partial charge in [0.25, 0.3) is 0 Å². The Morgan fingerprint density at radius 2 is 1.81 bits per heavy atom. The number of nitrogens with one attached hydrogen (secondary N) is 1. The van der Waals surface area contributed by atoms with E-state index in [9.17, 15) is 18.0 Å². The molecule has 4 aromatic rings. The number of pyridine rings is 1. The summed E-state index contributed by atoms with van der Waals surface area (Å²) in [7, 11) is -2.06. The van der Waals surface area contributed by atoms with Crippen molar-refractivity contribution >= 4 is 54.6 Å². The van der Waals surface area contributed by atoms with Crippen molar-refractivity contribution in [2.45, 2.75) is 70.4 Å². The molecule has 4 aromatic heterocycles. The highest BCUT2D eigenvalue weighted by molar-refractivity contribution is 6.74. The number of hydrogen-bond donors (Lipinski definition) is 1. The van der Waals surface area contributed by atoms with Gasteiger partial charge in [-0.2, -0.15) is 23.4 Å².